The maximum Gasteiger partial charge on any atom is 0.339 e. The van der Waals surface area contributed by atoms with Crippen molar-refractivity contribution in [1.82, 2.24) is 0 Å². The molecule has 6 heteroatoms. The van der Waals surface area contributed by atoms with Gasteiger partial charge in [0.25, 0.3) is 0 Å². The molecule has 0 aliphatic carbocycles. The van der Waals surface area contributed by atoms with Crippen LogP contribution < -0.4 is 10.5 Å². The molecule has 0 fully saturated rings. The number of hydrogen-bond acceptors (Lipinski definition) is 4. The molecule has 0 bridgehead atoms. The molecule has 21 heavy (non-hydrogen) atoms. The van der Waals surface area contributed by atoms with Gasteiger partial charge < -0.3 is 15.2 Å². The second-order valence-corrected chi connectivity index (χ2v) is 5.95. The van der Waals surface area contributed by atoms with E-state index in [4.69, 9.17) is 15.2 Å². The van der Waals surface area contributed by atoms with E-state index in [0.29, 0.717) is 21.5 Å². The summed E-state index contributed by atoms with van der Waals surface area (Å²) < 4.78 is 12.2. The minimum Gasteiger partial charge on any atom is -0.490 e. The van der Waals surface area contributed by atoms with Crippen molar-refractivity contribution in [3.05, 3.63) is 57.0 Å². The quantitative estimate of drug-likeness (QED) is 0.455. The molecule has 0 unspecified atom stereocenters. The van der Waals surface area contributed by atoms with E-state index < -0.39 is 5.97 Å². The summed E-state index contributed by atoms with van der Waals surface area (Å²) >= 11 is 6.65. The first-order valence-corrected chi connectivity index (χ1v) is 7.75. The van der Waals surface area contributed by atoms with Crippen molar-refractivity contribution in [3.63, 3.8) is 0 Å². The van der Waals surface area contributed by atoms with Crippen molar-refractivity contribution in [1.29, 1.82) is 0 Å². The monoisotopic (exact) mass is 413 g/mol. The predicted octanol–water partition coefficient (Wildman–Crippen LogP) is 4.03. The Hall–Kier alpha value is -1.53. The topological polar surface area (TPSA) is 61.6 Å². The lowest BCUT2D eigenvalue weighted by molar-refractivity contribution is 0.0449. The van der Waals surface area contributed by atoms with Crippen LogP contribution in [0.1, 0.15) is 10.4 Å². The highest BCUT2D eigenvalue weighted by molar-refractivity contribution is 9.10. The Morgan fingerprint density at radius 1 is 1.10 bits per heavy atom. The van der Waals surface area contributed by atoms with Crippen molar-refractivity contribution in [2.24, 2.45) is 0 Å². The third-order valence-electron chi connectivity index (χ3n) is 2.59. The molecule has 0 spiro atoms. The highest BCUT2D eigenvalue weighted by Gasteiger charge is 2.11. The number of benzene rings is 2. The Balaban J connectivity index is 1.83. The van der Waals surface area contributed by atoms with Gasteiger partial charge >= 0.3 is 5.97 Å². The summed E-state index contributed by atoms with van der Waals surface area (Å²) in [5.74, 6) is 0.276. The molecule has 0 heterocycles. The van der Waals surface area contributed by atoms with Crippen LogP contribution in [0.25, 0.3) is 0 Å². The first-order valence-electron chi connectivity index (χ1n) is 6.17. The summed E-state index contributed by atoms with van der Waals surface area (Å²) in [5, 5.41) is 0. The number of nitrogens with two attached hydrogens (primary N) is 1. The van der Waals surface area contributed by atoms with Crippen LogP contribution >= 0.6 is 31.9 Å². The SMILES string of the molecule is Nc1ccc(Br)c(C(=O)OCCOc2cccc(Br)c2)c1. The van der Waals surface area contributed by atoms with Crippen LogP contribution in [0, 0.1) is 0 Å². The molecule has 110 valence electrons. The van der Waals surface area contributed by atoms with E-state index in [1.54, 1.807) is 18.2 Å². The summed E-state index contributed by atoms with van der Waals surface area (Å²) in [4.78, 5) is 11.9. The van der Waals surface area contributed by atoms with Gasteiger partial charge in [-0.1, -0.05) is 22.0 Å². The van der Waals surface area contributed by atoms with Crippen LogP contribution in [0.15, 0.2) is 51.4 Å². The van der Waals surface area contributed by atoms with Crippen molar-refractivity contribution in [3.8, 4) is 5.75 Å². The lowest BCUT2D eigenvalue weighted by atomic mass is 10.2. The Bertz CT molecular complexity index is 647. The fraction of sp³-hybridized carbons (Fsp3) is 0.133. The van der Waals surface area contributed by atoms with Gasteiger partial charge in [0.2, 0.25) is 0 Å². The van der Waals surface area contributed by atoms with E-state index in [9.17, 15) is 4.79 Å². The molecule has 2 aromatic carbocycles. The lowest BCUT2D eigenvalue weighted by Gasteiger charge is -2.09. The van der Waals surface area contributed by atoms with Crippen LogP contribution in [0.5, 0.6) is 5.75 Å². The minimum absolute atomic E-state index is 0.159. The Kier molecular flexibility index (Phi) is 5.64. The molecule has 0 saturated carbocycles. The van der Waals surface area contributed by atoms with E-state index in [0.717, 1.165) is 4.47 Å². The average Bonchev–Trinajstić information content (AvgIpc) is 2.46. The lowest BCUT2D eigenvalue weighted by Crippen LogP contribution is -2.13. The maximum absolute atomic E-state index is 11.9. The molecular weight excluding hydrogens is 402 g/mol. The summed E-state index contributed by atoms with van der Waals surface area (Å²) in [6.07, 6.45) is 0. The van der Waals surface area contributed by atoms with E-state index in [2.05, 4.69) is 31.9 Å². The van der Waals surface area contributed by atoms with Crippen LogP contribution in [0.2, 0.25) is 0 Å². The Morgan fingerprint density at radius 3 is 2.67 bits per heavy atom. The standard InChI is InChI=1S/C15H13Br2NO3/c16-10-2-1-3-12(8-10)20-6-7-21-15(19)13-9-11(18)4-5-14(13)17/h1-5,8-9H,6-7,18H2. The smallest absolute Gasteiger partial charge is 0.339 e. The number of rotatable bonds is 5. The molecule has 0 amide bonds. The van der Waals surface area contributed by atoms with E-state index >= 15 is 0 Å². The number of nitrogen functional groups attached to an aromatic ring is 1. The molecule has 0 aromatic heterocycles. The van der Waals surface area contributed by atoms with E-state index in [1.165, 1.54) is 0 Å². The number of carbonyl (C=O) groups is 1. The first-order chi connectivity index (χ1) is 10.1. The van der Waals surface area contributed by atoms with Crippen LogP contribution in [-0.2, 0) is 4.74 Å². The molecule has 0 atom stereocenters. The van der Waals surface area contributed by atoms with Gasteiger partial charge in [0.05, 0.1) is 5.56 Å². The predicted molar refractivity (Wildman–Crippen MR) is 88.5 cm³/mol. The minimum atomic E-state index is -0.438. The van der Waals surface area contributed by atoms with Gasteiger partial charge in [-0.15, -0.1) is 0 Å². The zero-order chi connectivity index (χ0) is 15.2. The van der Waals surface area contributed by atoms with Crippen molar-refractivity contribution < 1.29 is 14.3 Å². The number of ether oxygens (including phenoxy) is 2. The van der Waals surface area contributed by atoms with Crippen LogP contribution in [0.3, 0.4) is 0 Å². The summed E-state index contributed by atoms with van der Waals surface area (Å²) in [5.41, 5.74) is 6.56. The normalized spacial score (nSPS) is 10.2. The molecule has 0 radical (unpaired) electrons. The maximum atomic E-state index is 11.9. The number of carbonyl (C=O) groups excluding carboxylic acids is 1. The van der Waals surface area contributed by atoms with Crippen LogP contribution in [0.4, 0.5) is 5.69 Å². The van der Waals surface area contributed by atoms with Crippen molar-refractivity contribution in [2.75, 3.05) is 18.9 Å². The zero-order valence-corrected chi connectivity index (χ0v) is 14.2. The van der Waals surface area contributed by atoms with Gasteiger partial charge in [-0.3, -0.25) is 0 Å². The van der Waals surface area contributed by atoms with Gasteiger partial charge in [-0.2, -0.15) is 0 Å². The fourth-order valence-corrected chi connectivity index (χ4v) is 2.41. The largest absolute Gasteiger partial charge is 0.490 e. The number of anilines is 1. The number of hydrogen-bond donors (Lipinski definition) is 1. The molecule has 2 rings (SSSR count). The third-order valence-corrected chi connectivity index (χ3v) is 3.78. The molecule has 2 N–H and O–H groups in total. The van der Waals surface area contributed by atoms with E-state index in [-0.39, 0.29) is 13.2 Å². The second-order valence-electron chi connectivity index (χ2n) is 4.18. The third kappa shape index (κ3) is 4.75. The molecule has 0 saturated heterocycles. The second kappa shape index (κ2) is 7.47. The zero-order valence-electron chi connectivity index (χ0n) is 11.0. The van der Waals surface area contributed by atoms with Crippen LogP contribution in [-0.4, -0.2) is 19.2 Å². The number of esters is 1. The average molecular weight is 415 g/mol. The molecular formula is C15H13Br2NO3. The summed E-state index contributed by atoms with van der Waals surface area (Å²) in [7, 11) is 0. The van der Waals surface area contributed by atoms with Gasteiger partial charge in [0, 0.05) is 14.6 Å². The summed E-state index contributed by atoms with van der Waals surface area (Å²) in [6.45, 7) is 0.439. The first kappa shape index (κ1) is 15.9. The highest BCUT2D eigenvalue weighted by Crippen LogP contribution is 2.20. The van der Waals surface area contributed by atoms with Gasteiger partial charge in [-0.05, 0) is 52.3 Å². The van der Waals surface area contributed by atoms with Gasteiger partial charge in [0.15, 0.2) is 0 Å². The highest BCUT2D eigenvalue weighted by atomic mass is 79.9. The van der Waals surface area contributed by atoms with Gasteiger partial charge in [0.1, 0.15) is 19.0 Å². The van der Waals surface area contributed by atoms with Gasteiger partial charge in [-0.25, -0.2) is 4.79 Å². The molecule has 4 nitrogen and oxygen atoms in total. The Morgan fingerprint density at radius 2 is 1.90 bits per heavy atom. The van der Waals surface area contributed by atoms with Crippen molar-refractivity contribution >= 4 is 43.5 Å². The molecule has 0 aliphatic rings. The number of halogens is 2. The van der Waals surface area contributed by atoms with E-state index in [1.807, 2.05) is 24.3 Å². The Labute approximate surface area is 139 Å². The van der Waals surface area contributed by atoms with Crippen molar-refractivity contribution in [2.45, 2.75) is 0 Å². The fourth-order valence-electron chi connectivity index (χ4n) is 1.63. The summed E-state index contributed by atoms with van der Waals surface area (Å²) in [6, 6.07) is 12.4. The molecule has 0 aliphatic heterocycles. The molecule has 2 aromatic rings.